The number of nitrogens with one attached hydrogen (secondary N) is 1. The van der Waals surface area contributed by atoms with Crippen molar-refractivity contribution in [2.24, 2.45) is 0 Å². The van der Waals surface area contributed by atoms with Crippen molar-refractivity contribution in [2.75, 3.05) is 11.9 Å². The van der Waals surface area contributed by atoms with Crippen LogP contribution in [0, 0.1) is 0 Å². The molecule has 0 heterocycles. The maximum absolute atomic E-state index is 11.1. The number of para-hydroxylation sites is 1. The predicted molar refractivity (Wildman–Crippen MR) is 101 cm³/mol. The number of aryl methyl sites for hydroxylation is 1. The molecule has 2 N–H and O–H groups in total. The van der Waals surface area contributed by atoms with E-state index in [0.29, 0.717) is 17.8 Å². The Morgan fingerprint density at radius 1 is 1.08 bits per heavy atom. The molecular weight excluding hydrogens is 298 g/mol. The highest BCUT2D eigenvalue weighted by Gasteiger charge is 2.07. The molecule has 2 aromatic carbocycles. The summed E-state index contributed by atoms with van der Waals surface area (Å²) in [5.74, 6) is -0.916. The standard InChI is InChI=1S/C21H25NO2/c1-2-3-4-8-17-12-14-18(15-13-17)9-7-16-22-20-11-6-5-10-19(20)21(23)24/h5-7,9-15,22H,2-4,8,16H2,1H3,(H,23,24). The summed E-state index contributed by atoms with van der Waals surface area (Å²) in [5.41, 5.74) is 3.47. The van der Waals surface area contributed by atoms with Crippen LogP contribution in [0.2, 0.25) is 0 Å². The van der Waals surface area contributed by atoms with Gasteiger partial charge in [0.15, 0.2) is 0 Å². The van der Waals surface area contributed by atoms with Crippen LogP contribution in [0.5, 0.6) is 0 Å². The van der Waals surface area contributed by atoms with Crippen LogP contribution in [0.3, 0.4) is 0 Å². The van der Waals surface area contributed by atoms with Gasteiger partial charge in [0.2, 0.25) is 0 Å². The van der Waals surface area contributed by atoms with E-state index >= 15 is 0 Å². The monoisotopic (exact) mass is 323 g/mol. The van der Waals surface area contributed by atoms with Gasteiger partial charge < -0.3 is 10.4 Å². The number of hydrogen-bond donors (Lipinski definition) is 2. The Morgan fingerprint density at radius 2 is 1.83 bits per heavy atom. The first-order valence-electron chi connectivity index (χ1n) is 8.52. The van der Waals surface area contributed by atoms with E-state index in [0.717, 1.165) is 12.0 Å². The molecular formula is C21H25NO2. The predicted octanol–water partition coefficient (Wildman–Crippen LogP) is 5.24. The Morgan fingerprint density at radius 3 is 2.54 bits per heavy atom. The van der Waals surface area contributed by atoms with Gasteiger partial charge in [0, 0.05) is 12.2 Å². The zero-order valence-electron chi connectivity index (χ0n) is 14.2. The van der Waals surface area contributed by atoms with Crippen LogP contribution in [-0.4, -0.2) is 17.6 Å². The van der Waals surface area contributed by atoms with Gasteiger partial charge >= 0.3 is 5.97 Å². The van der Waals surface area contributed by atoms with Crippen molar-refractivity contribution in [1.82, 2.24) is 0 Å². The van der Waals surface area contributed by atoms with Crippen LogP contribution in [0.25, 0.3) is 6.08 Å². The largest absolute Gasteiger partial charge is 0.478 e. The normalized spacial score (nSPS) is 10.9. The molecule has 24 heavy (non-hydrogen) atoms. The number of anilines is 1. The van der Waals surface area contributed by atoms with E-state index < -0.39 is 5.97 Å². The van der Waals surface area contributed by atoms with E-state index in [1.165, 1.54) is 24.8 Å². The van der Waals surface area contributed by atoms with Gasteiger partial charge in [-0.05, 0) is 36.1 Å². The van der Waals surface area contributed by atoms with Crippen LogP contribution in [0.15, 0.2) is 54.6 Å². The zero-order valence-corrected chi connectivity index (χ0v) is 14.2. The highest BCUT2D eigenvalue weighted by molar-refractivity contribution is 5.94. The molecule has 126 valence electrons. The van der Waals surface area contributed by atoms with Gasteiger partial charge in [-0.2, -0.15) is 0 Å². The molecule has 0 fully saturated rings. The van der Waals surface area contributed by atoms with Crippen molar-refractivity contribution in [2.45, 2.75) is 32.6 Å². The molecule has 0 amide bonds. The topological polar surface area (TPSA) is 49.3 Å². The number of aromatic carboxylic acids is 1. The van der Waals surface area contributed by atoms with Crippen molar-refractivity contribution in [3.8, 4) is 0 Å². The van der Waals surface area contributed by atoms with Crippen molar-refractivity contribution >= 4 is 17.7 Å². The summed E-state index contributed by atoms with van der Waals surface area (Å²) >= 11 is 0. The fraction of sp³-hybridized carbons (Fsp3) is 0.286. The third-order valence-electron chi connectivity index (χ3n) is 3.93. The fourth-order valence-electron chi connectivity index (χ4n) is 2.56. The van der Waals surface area contributed by atoms with Gasteiger partial charge in [-0.1, -0.05) is 68.3 Å². The average Bonchev–Trinajstić information content (AvgIpc) is 2.60. The Hall–Kier alpha value is -2.55. The van der Waals surface area contributed by atoms with Gasteiger partial charge in [0.1, 0.15) is 0 Å². The highest BCUT2D eigenvalue weighted by Crippen LogP contribution is 2.15. The van der Waals surface area contributed by atoms with Gasteiger partial charge in [-0.25, -0.2) is 4.79 Å². The van der Waals surface area contributed by atoms with E-state index in [-0.39, 0.29) is 0 Å². The van der Waals surface area contributed by atoms with Gasteiger partial charge in [0.05, 0.1) is 5.56 Å². The van der Waals surface area contributed by atoms with E-state index in [9.17, 15) is 4.79 Å². The lowest BCUT2D eigenvalue weighted by molar-refractivity contribution is 0.0698. The van der Waals surface area contributed by atoms with E-state index in [4.69, 9.17) is 5.11 Å². The molecule has 0 aliphatic rings. The first-order chi connectivity index (χ1) is 11.7. The molecule has 0 spiro atoms. The minimum atomic E-state index is -0.916. The minimum Gasteiger partial charge on any atom is -0.478 e. The first-order valence-corrected chi connectivity index (χ1v) is 8.52. The SMILES string of the molecule is CCCCCc1ccc(C=CCNc2ccccc2C(=O)O)cc1. The summed E-state index contributed by atoms with van der Waals surface area (Å²) < 4.78 is 0. The lowest BCUT2D eigenvalue weighted by atomic mass is 10.1. The highest BCUT2D eigenvalue weighted by atomic mass is 16.4. The van der Waals surface area contributed by atoms with Crippen LogP contribution < -0.4 is 5.32 Å². The maximum Gasteiger partial charge on any atom is 0.337 e. The van der Waals surface area contributed by atoms with Crippen LogP contribution in [-0.2, 0) is 6.42 Å². The lowest BCUT2D eigenvalue weighted by Gasteiger charge is -2.06. The van der Waals surface area contributed by atoms with Crippen LogP contribution in [0.1, 0.15) is 47.7 Å². The summed E-state index contributed by atoms with van der Waals surface area (Å²) in [5, 5.41) is 12.3. The molecule has 0 saturated heterocycles. The molecule has 0 unspecified atom stereocenters. The molecule has 0 saturated carbocycles. The van der Waals surface area contributed by atoms with Crippen molar-refractivity contribution in [3.63, 3.8) is 0 Å². The molecule has 0 radical (unpaired) electrons. The number of hydrogen-bond acceptors (Lipinski definition) is 2. The smallest absolute Gasteiger partial charge is 0.337 e. The Bertz CT molecular complexity index is 674. The van der Waals surface area contributed by atoms with Crippen molar-refractivity contribution < 1.29 is 9.90 Å². The number of rotatable bonds is 9. The minimum absolute atomic E-state index is 0.294. The Kier molecular flexibility index (Phi) is 7.09. The quantitative estimate of drug-likeness (QED) is 0.620. The third kappa shape index (κ3) is 5.58. The summed E-state index contributed by atoms with van der Waals surface area (Å²) in [6.07, 6.45) is 8.98. The number of unbranched alkanes of at least 4 members (excludes halogenated alkanes) is 2. The van der Waals surface area contributed by atoms with Crippen molar-refractivity contribution in [1.29, 1.82) is 0 Å². The van der Waals surface area contributed by atoms with Crippen LogP contribution >= 0.6 is 0 Å². The second kappa shape index (κ2) is 9.56. The number of carboxylic acids is 1. The Balaban J connectivity index is 1.85. The number of benzene rings is 2. The molecule has 0 aliphatic heterocycles. The van der Waals surface area contributed by atoms with Crippen molar-refractivity contribution in [3.05, 3.63) is 71.3 Å². The molecule has 2 aromatic rings. The summed E-state index contributed by atoms with van der Waals surface area (Å²) in [7, 11) is 0. The fourth-order valence-corrected chi connectivity index (χ4v) is 2.56. The molecule has 3 nitrogen and oxygen atoms in total. The summed E-state index contributed by atoms with van der Waals surface area (Å²) in [6.45, 7) is 2.80. The van der Waals surface area contributed by atoms with Gasteiger partial charge in [0.25, 0.3) is 0 Å². The van der Waals surface area contributed by atoms with E-state index in [2.05, 4.69) is 36.5 Å². The van der Waals surface area contributed by atoms with E-state index in [1.807, 2.05) is 18.2 Å². The third-order valence-corrected chi connectivity index (χ3v) is 3.93. The van der Waals surface area contributed by atoms with Gasteiger partial charge in [-0.15, -0.1) is 0 Å². The molecule has 0 aromatic heterocycles. The molecule has 3 heteroatoms. The molecule has 0 aliphatic carbocycles. The summed E-state index contributed by atoms with van der Waals surface area (Å²) in [6, 6.07) is 15.6. The molecule has 0 bridgehead atoms. The van der Waals surface area contributed by atoms with Gasteiger partial charge in [-0.3, -0.25) is 0 Å². The average molecular weight is 323 g/mol. The molecule has 0 atom stereocenters. The Labute approximate surface area is 144 Å². The maximum atomic E-state index is 11.1. The first kappa shape index (κ1) is 17.8. The van der Waals surface area contributed by atoms with E-state index in [1.54, 1.807) is 18.2 Å². The van der Waals surface area contributed by atoms with Crippen LogP contribution in [0.4, 0.5) is 5.69 Å². The molecule has 2 rings (SSSR count). The zero-order chi connectivity index (χ0) is 17.2. The second-order valence-corrected chi connectivity index (χ2v) is 5.83. The summed E-state index contributed by atoms with van der Waals surface area (Å²) in [4.78, 5) is 11.1. The number of carbonyl (C=O) groups is 1. The number of carboxylic acid groups (broad SMARTS) is 1. The second-order valence-electron chi connectivity index (χ2n) is 5.83. The lowest BCUT2D eigenvalue weighted by Crippen LogP contribution is -2.05.